The van der Waals surface area contributed by atoms with Gasteiger partial charge in [0.15, 0.2) is 0 Å². The summed E-state index contributed by atoms with van der Waals surface area (Å²) in [6.07, 6.45) is 0. The Hall–Kier alpha value is -1.73. The SMILES string of the molecule is O=S(=O)(Nc1ccc(F)cc1F)c1cc(Cl)ccc1F. The normalized spacial score (nSPS) is 11.4. The molecular formula is C12H7ClF3NO2S. The van der Waals surface area contributed by atoms with Crippen molar-refractivity contribution in [1.29, 1.82) is 0 Å². The Labute approximate surface area is 118 Å². The van der Waals surface area contributed by atoms with Gasteiger partial charge in [-0.2, -0.15) is 0 Å². The fourth-order valence-electron chi connectivity index (χ4n) is 1.46. The minimum absolute atomic E-state index is 0.00588. The smallest absolute Gasteiger partial charge is 0.264 e. The highest BCUT2D eigenvalue weighted by molar-refractivity contribution is 7.92. The Morgan fingerprint density at radius 3 is 2.30 bits per heavy atom. The van der Waals surface area contributed by atoms with E-state index in [1.165, 1.54) is 6.07 Å². The molecule has 0 saturated carbocycles. The molecule has 0 aromatic heterocycles. The molecule has 0 heterocycles. The van der Waals surface area contributed by atoms with E-state index in [9.17, 15) is 21.6 Å². The molecule has 0 fully saturated rings. The molecule has 0 radical (unpaired) electrons. The number of hydrogen-bond acceptors (Lipinski definition) is 2. The first kappa shape index (κ1) is 14.7. The van der Waals surface area contributed by atoms with Gasteiger partial charge in [-0.25, -0.2) is 21.6 Å². The van der Waals surface area contributed by atoms with E-state index in [0.717, 1.165) is 24.3 Å². The number of hydrogen-bond donors (Lipinski definition) is 1. The molecule has 8 heteroatoms. The van der Waals surface area contributed by atoms with E-state index in [0.29, 0.717) is 6.07 Å². The second-order valence-electron chi connectivity index (χ2n) is 3.80. The van der Waals surface area contributed by atoms with Crippen LogP contribution in [-0.2, 0) is 10.0 Å². The predicted octanol–water partition coefficient (Wildman–Crippen LogP) is 3.56. The summed E-state index contributed by atoms with van der Waals surface area (Å²) < 4.78 is 65.3. The standard InChI is InChI=1S/C12H7ClF3NO2S/c13-7-1-3-9(15)12(5-7)20(18,19)17-11-4-2-8(14)6-10(11)16/h1-6,17H. The third kappa shape index (κ3) is 3.05. The second kappa shape index (κ2) is 5.34. The molecule has 0 aliphatic rings. The summed E-state index contributed by atoms with van der Waals surface area (Å²) in [5.74, 6) is -3.01. The van der Waals surface area contributed by atoms with Crippen LogP contribution in [0, 0.1) is 17.5 Å². The third-order valence-electron chi connectivity index (χ3n) is 2.36. The van der Waals surface area contributed by atoms with E-state index < -0.39 is 38.1 Å². The van der Waals surface area contributed by atoms with Crippen LogP contribution in [0.4, 0.5) is 18.9 Å². The highest BCUT2D eigenvalue weighted by atomic mass is 35.5. The van der Waals surface area contributed by atoms with Crippen molar-refractivity contribution in [2.75, 3.05) is 4.72 Å². The van der Waals surface area contributed by atoms with Crippen LogP contribution in [0.3, 0.4) is 0 Å². The minimum atomic E-state index is -4.37. The molecule has 2 aromatic rings. The third-order valence-corrected chi connectivity index (χ3v) is 3.97. The molecule has 3 nitrogen and oxygen atoms in total. The fourth-order valence-corrected chi connectivity index (χ4v) is 2.86. The second-order valence-corrected chi connectivity index (χ2v) is 5.89. The highest BCUT2D eigenvalue weighted by Crippen LogP contribution is 2.24. The van der Waals surface area contributed by atoms with Crippen LogP contribution >= 0.6 is 11.6 Å². The Morgan fingerprint density at radius 2 is 1.65 bits per heavy atom. The van der Waals surface area contributed by atoms with Crippen molar-refractivity contribution in [3.8, 4) is 0 Å². The average molecular weight is 322 g/mol. The summed E-state index contributed by atoms with van der Waals surface area (Å²) in [5, 5.41) is 0.00588. The van der Waals surface area contributed by atoms with Crippen LogP contribution in [0.25, 0.3) is 0 Å². The maximum atomic E-state index is 13.5. The Balaban J connectivity index is 2.43. The molecule has 0 saturated heterocycles. The van der Waals surface area contributed by atoms with Gasteiger partial charge < -0.3 is 0 Å². The van der Waals surface area contributed by atoms with E-state index >= 15 is 0 Å². The van der Waals surface area contributed by atoms with Gasteiger partial charge in [0.2, 0.25) is 0 Å². The van der Waals surface area contributed by atoms with Crippen molar-refractivity contribution < 1.29 is 21.6 Å². The number of nitrogens with one attached hydrogen (secondary N) is 1. The molecule has 0 amide bonds. The minimum Gasteiger partial charge on any atom is -0.277 e. The molecule has 106 valence electrons. The van der Waals surface area contributed by atoms with Crippen molar-refractivity contribution in [2.45, 2.75) is 4.90 Å². The number of halogens is 4. The quantitative estimate of drug-likeness (QED) is 0.939. The summed E-state index contributed by atoms with van der Waals surface area (Å²) in [6.45, 7) is 0. The van der Waals surface area contributed by atoms with Crippen LogP contribution in [-0.4, -0.2) is 8.42 Å². The highest BCUT2D eigenvalue weighted by Gasteiger charge is 2.21. The monoisotopic (exact) mass is 321 g/mol. The van der Waals surface area contributed by atoms with E-state index in [-0.39, 0.29) is 5.02 Å². The first-order chi connectivity index (χ1) is 9.29. The first-order valence-corrected chi connectivity index (χ1v) is 7.08. The van der Waals surface area contributed by atoms with Crippen molar-refractivity contribution >= 4 is 27.3 Å². The maximum absolute atomic E-state index is 13.5. The van der Waals surface area contributed by atoms with Crippen LogP contribution in [0.2, 0.25) is 5.02 Å². The zero-order valence-corrected chi connectivity index (χ0v) is 11.3. The lowest BCUT2D eigenvalue weighted by molar-refractivity contribution is 0.567. The summed E-state index contributed by atoms with van der Waals surface area (Å²) in [6, 6.07) is 5.21. The van der Waals surface area contributed by atoms with Crippen LogP contribution in [0.1, 0.15) is 0 Å². The fraction of sp³-hybridized carbons (Fsp3) is 0. The summed E-state index contributed by atoms with van der Waals surface area (Å²) in [7, 11) is -4.37. The summed E-state index contributed by atoms with van der Waals surface area (Å²) in [5.41, 5.74) is -0.495. The lowest BCUT2D eigenvalue weighted by atomic mass is 10.3. The van der Waals surface area contributed by atoms with Gasteiger partial charge in [-0.3, -0.25) is 4.72 Å². The molecule has 2 rings (SSSR count). The summed E-state index contributed by atoms with van der Waals surface area (Å²) >= 11 is 5.60. The molecule has 1 N–H and O–H groups in total. The van der Waals surface area contributed by atoms with E-state index in [1.54, 1.807) is 0 Å². The van der Waals surface area contributed by atoms with Gasteiger partial charge in [0, 0.05) is 11.1 Å². The van der Waals surface area contributed by atoms with Gasteiger partial charge in [0.1, 0.15) is 22.3 Å². The molecule has 0 unspecified atom stereocenters. The van der Waals surface area contributed by atoms with Crippen LogP contribution < -0.4 is 4.72 Å². The largest absolute Gasteiger partial charge is 0.277 e. The zero-order valence-electron chi connectivity index (χ0n) is 9.70. The Kier molecular flexibility index (Phi) is 3.92. The van der Waals surface area contributed by atoms with Gasteiger partial charge in [0.25, 0.3) is 10.0 Å². The first-order valence-electron chi connectivity index (χ1n) is 5.22. The predicted molar refractivity (Wildman–Crippen MR) is 68.6 cm³/mol. The van der Waals surface area contributed by atoms with E-state index in [1.807, 2.05) is 4.72 Å². The van der Waals surface area contributed by atoms with E-state index in [2.05, 4.69) is 0 Å². The van der Waals surface area contributed by atoms with Crippen LogP contribution in [0.5, 0.6) is 0 Å². The van der Waals surface area contributed by atoms with Crippen molar-refractivity contribution in [3.05, 3.63) is 58.9 Å². The lowest BCUT2D eigenvalue weighted by Crippen LogP contribution is -2.15. The van der Waals surface area contributed by atoms with Gasteiger partial charge in [-0.1, -0.05) is 11.6 Å². The van der Waals surface area contributed by atoms with Gasteiger partial charge in [-0.05, 0) is 30.3 Å². The van der Waals surface area contributed by atoms with Crippen molar-refractivity contribution in [3.63, 3.8) is 0 Å². The van der Waals surface area contributed by atoms with Crippen molar-refractivity contribution in [1.82, 2.24) is 0 Å². The van der Waals surface area contributed by atoms with Crippen LogP contribution in [0.15, 0.2) is 41.3 Å². The molecule has 0 bridgehead atoms. The topological polar surface area (TPSA) is 46.2 Å². The van der Waals surface area contributed by atoms with Crippen molar-refractivity contribution in [2.24, 2.45) is 0 Å². The number of benzene rings is 2. The molecule has 2 aromatic carbocycles. The molecule has 20 heavy (non-hydrogen) atoms. The molecule has 0 aliphatic heterocycles. The molecule has 0 aliphatic carbocycles. The molecule has 0 spiro atoms. The van der Waals surface area contributed by atoms with E-state index in [4.69, 9.17) is 11.6 Å². The lowest BCUT2D eigenvalue weighted by Gasteiger charge is -2.10. The Bertz CT molecular complexity index is 765. The number of anilines is 1. The number of sulfonamides is 1. The summed E-state index contributed by atoms with van der Waals surface area (Å²) in [4.78, 5) is -0.728. The average Bonchev–Trinajstić information content (AvgIpc) is 2.35. The number of rotatable bonds is 3. The molecular weight excluding hydrogens is 315 g/mol. The maximum Gasteiger partial charge on any atom is 0.264 e. The van der Waals surface area contributed by atoms with Gasteiger partial charge in [0.05, 0.1) is 5.69 Å². The molecule has 0 atom stereocenters. The zero-order chi connectivity index (χ0) is 14.9. The van der Waals surface area contributed by atoms with Gasteiger partial charge in [-0.15, -0.1) is 0 Å². The van der Waals surface area contributed by atoms with Gasteiger partial charge >= 0.3 is 0 Å². The Morgan fingerprint density at radius 1 is 0.950 bits per heavy atom.